The molecule has 0 saturated carbocycles. The molecule has 1 aliphatic carbocycles. The fourth-order valence-corrected chi connectivity index (χ4v) is 3.06. The molecule has 2 atom stereocenters. The van der Waals surface area contributed by atoms with Crippen molar-refractivity contribution >= 4 is 11.8 Å². The molecule has 112 valence electrons. The molecule has 0 aromatic rings. The molecule has 2 N–H and O–H groups in total. The molecule has 0 bridgehead atoms. The number of aliphatic hydroxyl groups is 1. The van der Waals surface area contributed by atoms with Crippen LogP contribution in [0, 0.1) is 5.92 Å². The second-order valence-corrected chi connectivity index (χ2v) is 5.83. The average Bonchev–Trinajstić information content (AvgIpc) is 2.82. The quantitative estimate of drug-likeness (QED) is 0.750. The van der Waals surface area contributed by atoms with Crippen molar-refractivity contribution < 1.29 is 14.7 Å². The summed E-state index contributed by atoms with van der Waals surface area (Å²) in [6.07, 6.45) is 7.18. The van der Waals surface area contributed by atoms with E-state index in [0.717, 1.165) is 12.8 Å². The van der Waals surface area contributed by atoms with Gasteiger partial charge in [-0.15, -0.1) is 0 Å². The van der Waals surface area contributed by atoms with Crippen molar-refractivity contribution in [3.63, 3.8) is 0 Å². The maximum atomic E-state index is 12.3. The molecule has 1 aliphatic heterocycles. The number of hydrogen-bond donors (Lipinski definition) is 2. The molecule has 0 aromatic heterocycles. The van der Waals surface area contributed by atoms with Crippen molar-refractivity contribution in [2.75, 3.05) is 19.7 Å². The number of amides is 2. The highest BCUT2D eigenvalue weighted by molar-refractivity contribution is 5.79. The Balaban J connectivity index is 1.90. The van der Waals surface area contributed by atoms with Crippen LogP contribution >= 0.6 is 0 Å². The van der Waals surface area contributed by atoms with Crippen molar-refractivity contribution in [3.05, 3.63) is 11.6 Å². The third-order valence-electron chi connectivity index (χ3n) is 4.18. The highest BCUT2D eigenvalue weighted by Crippen LogP contribution is 2.23. The van der Waals surface area contributed by atoms with Gasteiger partial charge in [-0.1, -0.05) is 11.6 Å². The molecule has 1 heterocycles. The minimum absolute atomic E-state index is 0.00256. The molecule has 2 aliphatic rings. The lowest BCUT2D eigenvalue weighted by Crippen LogP contribution is -2.40. The second kappa shape index (κ2) is 6.88. The Bertz CT molecular complexity index is 406. The summed E-state index contributed by atoms with van der Waals surface area (Å²) in [6.45, 7) is 2.51. The van der Waals surface area contributed by atoms with Crippen molar-refractivity contribution in [1.29, 1.82) is 0 Å². The lowest BCUT2D eigenvalue weighted by atomic mass is 9.97. The third kappa shape index (κ3) is 3.82. The molecule has 2 rings (SSSR count). The van der Waals surface area contributed by atoms with E-state index < -0.39 is 0 Å². The molecule has 20 heavy (non-hydrogen) atoms. The summed E-state index contributed by atoms with van der Waals surface area (Å²) in [7, 11) is 0. The number of carbonyl (C=O) groups is 2. The van der Waals surface area contributed by atoms with Gasteiger partial charge in [-0.05, 0) is 25.7 Å². The van der Waals surface area contributed by atoms with E-state index in [1.807, 2.05) is 0 Å². The summed E-state index contributed by atoms with van der Waals surface area (Å²) in [5.41, 5.74) is 1.24. The van der Waals surface area contributed by atoms with Crippen LogP contribution in [0.5, 0.6) is 0 Å². The van der Waals surface area contributed by atoms with Gasteiger partial charge in [-0.3, -0.25) is 9.59 Å². The van der Waals surface area contributed by atoms with Crippen LogP contribution in [-0.4, -0.2) is 47.6 Å². The Labute approximate surface area is 120 Å². The van der Waals surface area contributed by atoms with Crippen molar-refractivity contribution in [2.24, 2.45) is 5.92 Å². The van der Waals surface area contributed by atoms with E-state index in [1.54, 1.807) is 4.90 Å². The van der Waals surface area contributed by atoms with E-state index >= 15 is 0 Å². The predicted octanol–water partition coefficient (Wildman–Crippen LogP) is 0.832. The summed E-state index contributed by atoms with van der Waals surface area (Å²) in [6, 6.07) is -0.123. The molecular weight excluding hydrogens is 256 g/mol. The van der Waals surface area contributed by atoms with E-state index in [2.05, 4.69) is 11.4 Å². The van der Waals surface area contributed by atoms with Gasteiger partial charge in [0.05, 0.1) is 6.04 Å². The van der Waals surface area contributed by atoms with Crippen LogP contribution in [0.4, 0.5) is 0 Å². The standard InChI is InChI=1S/C15H24N2O3/c1-11(19)16-14-9-17(8-13(14)10-18)15(20)7-12-5-3-2-4-6-12/h5,13-14,18H,2-4,6-10H2,1H3,(H,16,19)/t13-,14+/m0/s1. The van der Waals surface area contributed by atoms with Gasteiger partial charge in [0.2, 0.25) is 11.8 Å². The van der Waals surface area contributed by atoms with Gasteiger partial charge in [0.25, 0.3) is 0 Å². The third-order valence-corrected chi connectivity index (χ3v) is 4.18. The molecular formula is C15H24N2O3. The van der Waals surface area contributed by atoms with Gasteiger partial charge >= 0.3 is 0 Å². The Morgan fingerprint density at radius 3 is 2.80 bits per heavy atom. The van der Waals surface area contributed by atoms with Crippen LogP contribution in [0.15, 0.2) is 11.6 Å². The maximum Gasteiger partial charge on any atom is 0.226 e. The summed E-state index contributed by atoms with van der Waals surface area (Å²) in [4.78, 5) is 25.2. The molecule has 5 nitrogen and oxygen atoms in total. The largest absolute Gasteiger partial charge is 0.396 e. The molecule has 0 unspecified atom stereocenters. The van der Waals surface area contributed by atoms with Crippen molar-refractivity contribution in [3.8, 4) is 0 Å². The van der Waals surface area contributed by atoms with E-state index in [9.17, 15) is 14.7 Å². The van der Waals surface area contributed by atoms with Gasteiger partial charge in [-0.2, -0.15) is 0 Å². The van der Waals surface area contributed by atoms with Crippen LogP contribution in [0.25, 0.3) is 0 Å². The zero-order valence-electron chi connectivity index (χ0n) is 12.1. The SMILES string of the molecule is CC(=O)N[C@@H]1CN(C(=O)CC2=CCCCC2)C[C@H]1CO. The topological polar surface area (TPSA) is 69.6 Å². The molecule has 5 heteroatoms. The molecule has 0 radical (unpaired) electrons. The Kier molecular flexibility index (Phi) is 5.17. The average molecular weight is 280 g/mol. The Morgan fingerprint density at radius 1 is 1.40 bits per heavy atom. The Morgan fingerprint density at radius 2 is 2.20 bits per heavy atom. The van der Waals surface area contributed by atoms with E-state index in [4.69, 9.17) is 0 Å². The first-order chi connectivity index (χ1) is 9.60. The summed E-state index contributed by atoms with van der Waals surface area (Å²) in [5.74, 6) is -0.0506. The molecule has 0 spiro atoms. The van der Waals surface area contributed by atoms with E-state index in [-0.39, 0.29) is 30.4 Å². The van der Waals surface area contributed by atoms with Crippen LogP contribution in [-0.2, 0) is 9.59 Å². The van der Waals surface area contributed by atoms with Crippen molar-refractivity contribution in [1.82, 2.24) is 10.2 Å². The number of rotatable bonds is 4. The highest BCUT2D eigenvalue weighted by atomic mass is 16.3. The Hall–Kier alpha value is -1.36. The van der Waals surface area contributed by atoms with Crippen LogP contribution < -0.4 is 5.32 Å². The number of allylic oxidation sites excluding steroid dienone is 1. The summed E-state index contributed by atoms with van der Waals surface area (Å²) in [5, 5.41) is 12.2. The zero-order chi connectivity index (χ0) is 14.5. The molecule has 0 aromatic carbocycles. The van der Waals surface area contributed by atoms with Gasteiger partial charge in [-0.25, -0.2) is 0 Å². The minimum Gasteiger partial charge on any atom is -0.396 e. The molecule has 1 fully saturated rings. The van der Waals surface area contributed by atoms with Crippen LogP contribution in [0.1, 0.15) is 39.0 Å². The fraction of sp³-hybridized carbons (Fsp3) is 0.733. The molecule has 1 saturated heterocycles. The smallest absolute Gasteiger partial charge is 0.226 e. The first-order valence-electron chi connectivity index (χ1n) is 7.43. The summed E-state index contributed by atoms with van der Waals surface area (Å²) < 4.78 is 0. The molecule has 2 amide bonds. The van der Waals surface area contributed by atoms with Gasteiger partial charge < -0.3 is 15.3 Å². The number of nitrogens with zero attached hydrogens (tertiary/aromatic N) is 1. The van der Waals surface area contributed by atoms with Gasteiger partial charge in [0, 0.05) is 39.0 Å². The zero-order valence-corrected chi connectivity index (χ0v) is 12.1. The van der Waals surface area contributed by atoms with Crippen LogP contribution in [0.2, 0.25) is 0 Å². The maximum absolute atomic E-state index is 12.3. The first-order valence-corrected chi connectivity index (χ1v) is 7.43. The predicted molar refractivity (Wildman–Crippen MR) is 75.9 cm³/mol. The minimum atomic E-state index is -0.123. The second-order valence-electron chi connectivity index (χ2n) is 5.83. The number of carbonyl (C=O) groups excluding carboxylic acids is 2. The fourth-order valence-electron chi connectivity index (χ4n) is 3.06. The van der Waals surface area contributed by atoms with E-state index in [1.165, 1.54) is 25.3 Å². The lowest BCUT2D eigenvalue weighted by molar-refractivity contribution is -0.130. The van der Waals surface area contributed by atoms with E-state index in [0.29, 0.717) is 19.5 Å². The van der Waals surface area contributed by atoms with Gasteiger partial charge in [0.1, 0.15) is 0 Å². The monoisotopic (exact) mass is 280 g/mol. The summed E-state index contributed by atoms with van der Waals surface area (Å²) >= 11 is 0. The number of aliphatic hydroxyl groups excluding tert-OH is 1. The normalized spacial score (nSPS) is 26.3. The van der Waals surface area contributed by atoms with Gasteiger partial charge in [0.15, 0.2) is 0 Å². The van der Waals surface area contributed by atoms with Crippen molar-refractivity contribution in [2.45, 2.75) is 45.1 Å². The lowest BCUT2D eigenvalue weighted by Gasteiger charge is -2.19. The highest BCUT2D eigenvalue weighted by Gasteiger charge is 2.35. The van der Waals surface area contributed by atoms with Crippen LogP contribution in [0.3, 0.4) is 0 Å². The number of hydrogen-bond acceptors (Lipinski definition) is 3. The number of likely N-dealkylation sites (tertiary alicyclic amines) is 1. The number of nitrogens with one attached hydrogen (secondary N) is 1. The first kappa shape index (κ1) is 15.0.